The number of carbonyl (C=O) groups is 1. The van der Waals surface area contributed by atoms with Crippen LogP contribution in [0.4, 0.5) is 5.82 Å². The summed E-state index contributed by atoms with van der Waals surface area (Å²) in [5.41, 5.74) is 0.977. The molecule has 9 nitrogen and oxygen atoms in total. The molecule has 2 aromatic heterocycles. The quantitative estimate of drug-likeness (QED) is 0.829. The van der Waals surface area contributed by atoms with Crippen LogP contribution in [0.2, 0.25) is 0 Å². The van der Waals surface area contributed by atoms with Crippen molar-refractivity contribution in [3.63, 3.8) is 0 Å². The first-order chi connectivity index (χ1) is 13.2. The second kappa shape index (κ2) is 7.91. The van der Waals surface area contributed by atoms with Crippen molar-refractivity contribution in [2.45, 2.75) is 25.4 Å². The molecule has 0 bridgehead atoms. The first-order valence-electron chi connectivity index (χ1n) is 9.23. The van der Waals surface area contributed by atoms with Gasteiger partial charge in [0.1, 0.15) is 18.2 Å². The third kappa shape index (κ3) is 3.87. The van der Waals surface area contributed by atoms with Gasteiger partial charge in [-0.2, -0.15) is 5.10 Å². The zero-order chi connectivity index (χ0) is 18.6. The van der Waals surface area contributed by atoms with E-state index in [9.17, 15) is 4.79 Å². The number of amides is 1. The number of nitrogens with zero attached hydrogens (tertiary/aromatic N) is 5. The molecule has 4 rings (SSSR count). The van der Waals surface area contributed by atoms with E-state index in [2.05, 4.69) is 25.3 Å². The summed E-state index contributed by atoms with van der Waals surface area (Å²) < 4.78 is 12.4. The molecule has 27 heavy (non-hydrogen) atoms. The third-order valence-corrected chi connectivity index (χ3v) is 5.16. The number of ether oxygens (including phenoxy) is 2. The lowest BCUT2D eigenvalue weighted by molar-refractivity contribution is -0.125. The Morgan fingerprint density at radius 1 is 1.37 bits per heavy atom. The molecule has 2 aliphatic heterocycles. The summed E-state index contributed by atoms with van der Waals surface area (Å²) >= 11 is 0. The van der Waals surface area contributed by atoms with Gasteiger partial charge in [-0.25, -0.2) is 9.97 Å². The Hall–Kier alpha value is -2.68. The summed E-state index contributed by atoms with van der Waals surface area (Å²) in [6, 6.07) is 3.32. The van der Waals surface area contributed by atoms with E-state index in [0.29, 0.717) is 31.4 Å². The third-order valence-electron chi connectivity index (χ3n) is 5.16. The van der Waals surface area contributed by atoms with E-state index in [1.165, 1.54) is 6.33 Å². The van der Waals surface area contributed by atoms with E-state index in [0.717, 1.165) is 37.6 Å². The highest BCUT2D eigenvalue weighted by Gasteiger charge is 2.32. The molecule has 0 aliphatic carbocycles. The minimum Gasteiger partial charge on any atom is -0.481 e. The number of hydrogen-bond acceptors (Lipinski definition) is 7. The van der Waals surface area contributed by atoms with Gasteiger partial charge in [0.15, 0.2) is 0 Å². The minimum atomic E-state index is -0.399. The Morgan fingerprint density at radius 2 is 2.22 bits per heavy atom. The Morgan fingerprint density at radius 3 is 3.04 bits per heavy atom. The molecule has 0 radical (unpaired) electrons. The maximum Gasteiger partial charge on any atom is 0.246 e. The van der Waals surface area contributed by atoms with Crippen molar-refractivity contribution in [3.8, 4) is 5.88 Å². The van der Waals surface area contributed by atoms with Crippen LogP contribution in [0.25, 0.3) is 0 Å². The molecule has 1 amide bonds. The van der Waals surface area contributed by atoms with E-state index < -0.39 is 6.04 Å². The highest BCUT2D eigenvalue weighted by atomic mass is 16.5. The van der Waals surface area contributed by atoms with Crippen LogP contribution in [0.5, 0.6) is 5.88 Å². The topological polar surface area (TPSA) is 94.4 Å². The van der Waals surface area contributed by atoms with Gasteiger partial charge in [-0.3, -0.25) is 9.48 Å². The van der Waals surface area contributed by atoms with E-state index in [4.69, 9.17) is 9.47 Å². The molecule has 0 unspecified atom stereocenters. The van der Waals surface area contributed by atoms with E-state index in [-0.39, 0.29) is 5.91 Å². The Bertz CT molecular complexity index is 789. The molecule has 1 atom stereocenters. The lowest BCUT2D eigenvalue weighted by atomic mass is 10.0. The van der Waals surface area contributed by atoms with Crippen molar-refractivity contribution in [1.29, 1.82) is 0 Å². The van der Waals surface area contributed by atoms with Gasteiger partial charge in [0.25, 0.3) is 0 Å². The molecule has 2 aliphatic rings. The number of carbonyl (C=O) groups excluding carboxylic acids is 1. The lowest BCUT2D eigenvalue weighted by Crippen LogP contribution is -2.46. The maximum atomic E-state index is 12.9. The standard InChI is InChI=1S/C18H24N6O3/c1-26-17-8-16(20-12-21-17)23-10-14-2-5-22-24(14)15(11-23)18(25)19-9-13-3-6-27-7-4-13/h2,5,8,12-13,15H,3-4,6-7,9-11H2,1H3,(H,19,25)/t15-/m1/s1. The molecule has 0 spiro atoms. The van der Waals surface area contributed by atoms with Crippen LogP contribution in [0.3, 0.4) is 0 Å². The number of hydrogen-bond donors (Lipinski definition) is 1. The van der Waals surface area contributed by atoms with Gasteiger partial charge in [0.2, 0.25) is 11.8 Å². The largest absolute Gasteiger partial charge is 0.481 e. The zero-order valence-corrected chi connectivity index (χ0v) is 15.4. The van der Waals surface area contributed by atoms with Crippen LogP contribution in [-0.2, 0) is 16.1 Å². The Labute approximate surface area is 157 Å². The summed E-state index contributed by atoms with van der Waals surface area (Å²) in [7, 11) is 1.57. The summed E-state index contributed by atoms with van der Waals surface area (Å²) in [4.78, 5) is 23.4. The molecule has 1 saturated heterocycles. The van der Waals surface area contributed by atoms with Crippen molar-refractivity contribution in [2.24, 2.45) is 5.92 Å². The highest BCUT2D eigenvalue weighted by molar-refractivity contribution is 5.81. The number of rotatable bonds is 5. The van der Waals surface area contributed by atoms with Crippen LogP contribution < -0.4 is 15.0 Å². The molecular weight excluding hydrogens is 348 g/mol. The van der Waals surface area contributed by atoms with Crippen molar-refractivity contribution >= 4 is 11.7 Å². The smallest absolute Gasteiger partial charge is 0.246 e. The van der Waals surface area contributed by atoms with Crippen molar-refractivity contribution in [2.75, 3.05) is 38.3 Å². The van der Waals surface area contributed by atoms with E-state index in [1.807, 2.05) is 10.7 Å². The van der Waals surface area contributed by atoms with E-state index in [1.54, 1.807) is 19.4 Å². The fraction of sp³-hybridized carbons (Fsp3) is 0.556. The lowest BCUT2D eigenvalue weighted by Gasteiger charge is -2.34. The first kappa shape index (κ1) is 17.7. The van der Waals surface area contributed by atoms with Crippen molar-refractivity contribution in [1.82, 2.24) is 25.1 Å². The van der Waals surface area contributed by atoms with Gasteiger partial charge in [0, 0.05) is 32.0 Å². The molecule has 144 valence electrons. The second-order valence-electron chi connectivity index (χ2n) is 6.88. The van der Waals surface area contributed by atoms with Crippen LogP contribution in [0.15, 0.2) is 24.7 Å². The van der Waals surface area contributed by atoms with Gasteiger partial charge in [-0.15, -0.1) is 0 Å². The minimum absolute atomic E-state index is 0.0165. The first-order valence-corrected chi connectivity index (χ1v) is 9.23. The zero-order valence-electron chi connectivity index (χ0n) is 15.4. The predicted octanol–water partition coefficient (Wildman–Crippen LogP) is 0.786. The fourth-order valence-electron chi connectivity index (χ4n) is 3.59. The summed E-state index contributed by atoms with van der Waals surface area (Å²) in [6.45, 7) is 3.35. The number of nitrogens with one attached hydrogen (secondary N) is 1. The number of fused-ring (bicyclic) bond motifs is 1. The fourth-order valence-corrected chi connectivity index (χ4v) is 3.59. The molecular formula is C18H24N6O3. The average Bonchev–Trinajstić information content (AvgIpc) is 3.21. The maximum absolute atomic E-state index is 12.9. The van der Waals surface area contributed by atoms with Crippen molar-refractivity contribution < 1.29 is 14.3 Å². The molecule has 4 heterocycles. The van der Waals surface area contributed by atoms with Crippen molar-refractivity contribution in [3.05, 3.63) is 30.4 Å². The van der Waals surface area contributed by atoms with Gasteiger partial charge >= 0.3 is 0 Å². The molecule has 1 fully saturated rings. The van der Waals surface area contributed by atoms with Gasteiger partial charge in [-0.05, 0) is 24.8 Å². The number of aromatic nitrogens is 4. The van der Waals surface area contributed by atoms with Gasteiger partial charge < -0.3 is 19.7 Å². The monoisotopic (exact) mass is 372 g/mol. The molecule has 0 saturated carbocycles. The Kier molecular flexibility index (Phi) is 5.19. The molecule has 0 aromatic carbocycles. The summed E-state index contributed by atoms with van der Waals surface area (Å²) in [6.07, 6.45) is 5.19. The van der Waals surface area contributed by atoms with Crippen LogP contribution >= 0.6 is 0 Å². The normalized spacial score (nSPS) is 20.2. The molecule has 2 aromatic rings. The van der Waals surface area contributed by atoms with Crippen LogP contribution in [0.1, 0.15) is 24.6 Å². The van der Waals surface area contributed by atoms with Crippen LogP contribution in [-0.4, -0.2) is 59.1 Å². The summed E-state index contributed by atoms with van der Waals surface area (Å²) in [5, 5.41) is 7.48. The second-order valence-corrected chi connectivity index (χ2v) is 6.88. The Balaban J connectivity index is 1.48. The number of methoxy groups -OCH3 is 1. The SMILES string of the molecule is COc1cc(N2Cc3ccnn3[C@@H](C(=O)NCC3CCOCC3)C2)ncn1. The van der Waals surface area contributed by atoms with Gasteiger partial charge in [-0.1, -0.05) is 0 Å². The van der Waals surface area contributed by atoms with E-state index >= 15 is 0 Å². The van der Waals surface area contributed by atoms with Crippen LogP contribution in [0, 0.1) is 5.92 Å². The number of anilines is 1. The molecule has 9 heteroatoms. The molecule has 1 N–H and O–H groups in total. The van der Waals surface area contributed by atoms with Gasteiger partial charge in [0.05, 0.1) is 25.9 Å². The predicted molar refractivity (Wildman–Crippen MR) is 97.5 cm³/mol. The highest BCUT2D eigenvalue weighted by Crippen LogP contribution is 2.26. The average molecular weight is 372 g/mol. The summed E-state index contributed by atoms with van der Waals surface area (Å²) in [5.74, 6) is 1.69.